The minimum absolute atomic E-state index is 0.187. The van der Waals surface area contributed by atoms with E-state index < -0.39 is 11.9 Å². The zero-order valence-electron chi connectivity index (χ0n) is 9.47. The third kappa shape index (κ3) is 2.76. The van der Waals surface area contributed by atoms with Gasteiger partial charge in [0.25, 0.3) is 0 Å². The highest BCUT2D eigenvalue weighted by atomic mass is 32.1. The second kappa shape index (κ2) is 4.75. The number of carbonyl (C=O) groups is 2. The van der Waals surface area contributed by atoms with E-state index >= 15 is 0 Å². The number of nitrogens with one attached hydrogen (secondary N) is 1. The topological polar surface area (TPSA) is 69.6 Å². The first kappa shape index (κ1) is 11.9. The predicted octanol–water partition coefficient (Wildman–Crippen LogP) is 1.28. The van der Waals surface area contributed by atoms with Crippen LogP contribution in [0.5, 0.6) is 0 Å². The maximum absolute atomic E-state index is 11.6. The van der Waals surface area contributed by atoms with Crippen LogP contribution in [0, 0.1) is 12.8 Å². The number of carboxylic acids is 1. The van der Waals surface area contributed by atoms with Crippen molar-refractivity contribution in [3.05, 3.63) is 21.9 Å². The average molecular weight is 254 g/mol. The number of hydrogen-bond acceptors (Lipinski definition) is 3. The van der Waals surface area contributed by atoms with Gasteiger partial charge in [0.1, 0.15) is 0 Å². The van der Waals surface area contributed by atoms with E-state index in [9.17, 15) is 9.59 Å². The molecule has 5 nitrogen and oxygen atoms in total. The Morgan fingerprint density at radius 2 is 2.24 bits per heavy atom. The highest BCUT2D eigenvalue weighted by molar-refractivity contribution is 7.11. The summed E-state index contributed by atoms with van der Waals surface area (Å²) in [4.78, 5) is 26.0. The Bertz CT molecular complexity index is 438. The predicted molar refractivity (Wildman–Crippen MR) is 64.0 cm³/mol. The molecular formula is C11H14N2O3S. The minimum atomic E-state index is -0.831. The van der Waals surface area contributed by atoms with Gasteiger partial charge in [-0.2, -0.15) is 0 Å². The molecule has 2 rings (SSSR count). The quantitative estimate of drug-likeness (QED) is 0.853. The van der Waals surface area contributed by atoms with Crippen LogP contribution in [0.1, 0.15) is 9.75 Å². The smallest absolute Gasteiger partial charge is 0.317 e. The summed E-state index contributed by atoms with van der Waals surface area (Å²) in [6.45, 7) is 3.14. The molecule has 2 amide bonds. The van der Waals surface area contributed by atoms with Gasteiger partial charge in [-0.15, -0.1) is 11.3 Å². The van der Waals surface area contributed by atoms with E-state index in [4.69, 9.17) is 5.11 Å². The van der Waals surface area contributed by atoms with Crippen molar-refractivity contribution in [1.29, 1.82) is 0 Å². The second-order valence-corrected chi connectivity index (χ2v) is 5.48. The fourth-order valence-electron chi connectivity index (χ4n) is 1.66. The molecule has 0 saturated carbocycles. The second-order valence-electron chi connectivity index (χ2n) is 4.11. The van der Waals surface area contributed by atoms with Crippen molar-refractivity contribution in [3.8, 4) is 0 Å². The molecule has 92 valence electrons. The molecule has 1 aromatic heterocycles. The summed E-state index contributed by atoms with van der Waals surface area (Å²) in [6.07, 6.45) is 0. The van der Waals surface area contributed by atoms with Crippen LogP contribution < -0.4 is 5.32 Å². The molecule has 17 heavy (non-hydrogen) atoms. The lowest BCUT2D eigenvalue weighted by atomic mass is 10.0. The normalized spacial score (nSPS) is 15.5. The SMILES string of the molecule is Cc1ccc(CNC(=O)N2CC(C(=O)O)C2)s1. The van der Waals surface area contributed by atoms with Crippen LogP contribution in [0.15, 0.2) is 12.1 Å². The minimum Gasteiger partial charge on any atom is -0.481 e. The molecule has 2 heterocycles. The standard InChI is InChI=1S/C11H14N2O3S/c1-7-2-3-9(17-7)4-12-11(16)13-5-8(6-13)10(14)15/h2-3,8H,4-6H2,1H3,(H,12,16)(H,14,15). The van der Waals surface area contributed by atoms with Crippen LogP contribution in [-0.4, -0.2) is 35.1 Å². The average Bonchev–Trinajstić information content (AvgIpc) is 2.58. The fourth-order valence-corrected chi connectivity index (χ4v) is 2.49. The van der Waals surface area contributed by atoms with E-state index in [1.165, 1.54) is 9.78 Å². The molecule has 0 aromatic carbocycles. The van der Waals surface area contributed by atoms with Crippen molar-refractivity contribution < 1.29 is 14.7 Å². The Hall–Kier alpha value is -1.56. The number of amides is 2. The van der Waals surface area contributed by atoms with Gasteiger partial charge >= 0.3 is 12.0 Å². The van der Waals surface area contributed by atoms with Gasteiger partial charge < -0.3 is 15.3 Å². The molecule has 1 saturated heterocycles. The van der Waals surface area contributed by atoms with Crippen molar-refractivity contribution in [2.24, 2.45) is 5.92 Å². The van der Waals surface area contributed by atoms with Gasteiger partial charge in [-0.1, -0.05) is 0 Å². The summed E-state index contributed by atoms with van der Waals surface area (Å²) in [6, 6.07) is 3.81. The number of aliphatic carboxylic acids is 1. The van der Waals surface area contributed by atoms with E-state index in [1.54, 1.807) is 11.3 Å². The number of hydrogen-bond donors (Lipinski definition) is 2. The molecule has 6 heteroatoms. The molecule has 0 bridgehead atoms. The molecule has 1 aliphatic rings. The third-order valence-corrected chi connectivity index (χ3v) is 3.73. The van der Waals surface area contributed by atoms with Crippen LogP contribution in [0.25, 0.3) is 0 Å². The number of nitrogens with zero attached hydrogens (tertiary/aromatic N) is 1. The van der Waals surface area contributed by atoms with E-state index in [0.29, 0.717) is 19.6 Å². The maximum Gasteiger partial charge on any atom is 0.317 e. The molecule has 0 radical (unpaired) electrons. The van der Waals surface area contributed by atoms with Crippen molar-refractivity contribution in [2.75, 3.05) is 13.1 Å². The summed E-state index contributed by atoms with van der Waals surface area (Å²) < 4.78 is 0. The zero-order chi connectivity index (χ0) is 12.4. The van der Waals surface area contributed by atoms with Gasteiger partial charge in [-0.05, 0) is 19.1 Å². The van der Waals surface area contributed by atoms with E-state index in [2.05, 4.69) is 5.32 Å². The Labute approximate surface area is 103 Å². The van der Waals surface area contributed by atoms with Gasteiger partial charge in [0.05, 0.1) is 12.5 Å². The Balaban J connectivity index is 1.74. The molecular weight excluding hydrogens is 240 g/mol. The van der Waals surface area contributed by atoms with Crippen LogP contribution >= 0.6 is 11.3 Å². The fraction of sp³-hybridized carbons (Fsp3) is 0.455. The molecule has 2 N–H and O–H groups in total. The molecule has 1 fully saturated rings. The molecule has 1 aliphatic heterocycles. The first-order chi connectivity index (χ1) is 8.06. The van der Waals surface area contributed by atoms with Crippen LogP contribution in [0.2, 0.25) is 0 Å². The lowest BCUT2D eigenvalue weighted by molar-refractivity contribution is -0.146. The monoisotopic (exact) mass is 254 g/mol. The van der Waals surface area contributed by atoms with Crippen molar-refractivity contribution in [2.45, 2.75) is 13.5 Å². The van der Waals surface area contributed by atoms with E-state index in [0.717, 1.165) is 4.88 Å². The van der Waals surface area contributed by atoms with Gasteiger partial charge in [-0.3, -0.25) is 4.79 Å². The lowest BCUT2D eigenvalue weighted by Gasteiger charge is -2.36. The summed E-state index contributed by atoms with van der Waals surface area (Å²) in [7, 11) is 0. The van der Waals surface area contributed by atoms with Crippen molar-refractivity contribution in [1.82, 2.24) is 10.2 Å². The van der Waals surface area contributed by atoms with Crippen LogP contribution in [0.3, 0.4) is 0 Å². The number of urea groups is 1. The van der Waals surface area contributed by atoms with Gasteiger partial charge in [0.2, 0.25) is 0 Å². The summed E-state index contributed by atoms with van der Waals surface area (Å²) in [5.41, 5.74) is 0. The third-order valence-electron chi connectivity index (χ3n) is 2.73. The lowest BCUT2D eigenvalue weighted by Crippen LogP contribution is -2.55. The first-order valence-corrected chi connectivity index (χ1v) is 6.19. The number of likely N-dealkylation sites (tertiary alicyclic amines) is 1. The van der Waals surface area contributed by atoms with Crippen LogP contribution in [0.4, 0.5) is 4.79 Å². The number of thiophene rings is 1. The zero-order valence-corrected chi connectivity index (χ0v) is 10.3. The summed E-state index contributed by atoms with van der Waals surface area (Å²) in [5, 5.41) is 11.5. The first-order valence-electron chi connectivity index (χ1n) is 5.37. The van der Waals surface area contributed by atoms with Gasteiger partial charge in [0.15, 0.2) is 0 Å². The van der Waals surface area contributed by atoms with Gasteiger partial charge in [0, 0.05) is 22.8 Å². The van der Waals surface area contributed by atoms with E-state index in [-0.39, 0.29) is 6.03 Å². The summed E-state index contributed by atoms with van der Waals surface area (Å²) in [5.74, 6) is -1.23. The van der Waals surface area contributed by atoms with Crippen molar-refractivity contribution >= 4 is 23.3 Å². The van der Waals surface area contributed by atoms with Crippen molar-refractivity contribution in [3.63, 3.8) is 0 Å². The molecule has 0 atom stereocenters. The van der Waals surface area contributed by atoms with E-state index in [1.807, 2.05) is 19.1 Å². The Morgan fingerprint density at radius 1 is 1.53 bits per heavy atom. The number of aryl methyl sites for hydroxylation is 1. The molecule has 0 aliphatic carbocycles. The maximum atomic E-state index is 11.6. The number of rotatable bonds is 3. The Kier molecular flexibility index (Phi) is 3.33. The highest BCUT2D eigenvalue weighted by Gasteiger charge is 2.35. The summed E-state index contributed by atoms with van der Waals surface area (Å²) >= 11 is 1.65. The number of carboxylic acid groups (broad SMARTS) is 1. The highest BCUT2D eigenvalue weighted by Crippen LogP contribution is 2.17. The molecule has 0 spiro atoms. The van der Waals surface area contributed by atoms with Gasteiger partial charge in [-0.25, -0.2) is 4.79 Å². The Morgan fingerprint density at radius 3 is 2.76 bits per heavy atom. The largest absolute Gasteiger partial charge is 0.481 e. The molecule has 0 unspecified atom stereocenters. The van der Waals surface area contributed by atoms with Crippen LogP contribution in [-0.2, 0) is 11.3 Å². The molecule has 1 aromatic rings. The number of carbonyl (C=O) groups excluding carboxylic acids is 1.